The lowest BCUT2D eigenvalue weighted by Crippen LogP contribution is -2.17. The average Bonchev–Trinajstić information content (AvgIpc) is 2.85. The zero-order chi connectivity index (χ0) is 14.7. The Kier molecular flexibility index (Phi) is 4.39. The molecule has 0 aliphatic carbocycles. The Balaban J connectivity index is 2.22. The summed E-state index contributed by atoms with van der Waals surface area (Å²) in [4.78, 5) is 12.1. The molecule has 1 N–H and O–H groups in total. The largest absolute Gasteiger partial charge is 0.307 e. The standard InChI is InChI=1S/C14H15ClFN3O/c1-3-9(2)19-13(6-7-17-19)18-14(20)11-5-4-10(16)8-12(11)15/h4-9H,3H2,1-2H3,(H,18,20). The lowest BCUT2D eigenvalue weighted by atomic mass is 10.2. The van der Waals surface area contributed by atoms with Gasteiger partial charge in [0.05, 0.1) is 22.8 Å². The van der Waals surface area contributed by atoms with Gasteiger partial charge in [0.1, 0.15) is 11.6 Å². The number of halogens is 2. The van der Waals surface area contributed by atoms with Gasteiger partial charge in [-0.05, 0) is 31.5 Å². The Morgan fingerprint density at radius 1 is 1.50 bits per heavy atom. The van der Waals surface area contributed by atoms with Crippen molar-refractivity contribution in [3.63, 3.8) is 0 Å². The van der Waals surface area contributed by atoms with Crippen LogP contribution in [0.2, 0.25) is 5.02 Å². The molecule has 0 radical (unpaired) electrons. The molecule has 0 fully saturated rings. The van der Waals surface area contributed by atoms with Gasteiger partial charge in [0.25, 0.3) is 5.91 Å². The minimum Gasteiger partial charge on any atom is -0.307 e. The average molecular weight is 296 g/mol. The van der Waals surface area contributed by atoms with Gasteiger partial charge in [0.2, 0.25) is 0 Å². The Bertz CT molecular complexity index is 627. The van der Waals surface area contributed by atoms with Gasteiger partial charge >= 0.3 is 0 Å². The van der Waals surface area contributed by atoms with Gasteiger partial charge < -0.3 is 5.32 Å². The van der Waals surface area contributed by atoms with Gasteiger partial charge in [0.15, 0.2) is 0 Å². The lowest BCUT2D eigenvalue weighted by molar-refractivity contribution is 0.102. The van der Waals surface area contributed by atoms with Crippen molar-refractivity contribution in [2.75, 3.05) is 5.32 Å². The summed E-state index contributed by atoms with van der Waals surface area (Å²) in [5.74, 6) is -0.277. The van der Waals surface area contributed by atoms with Crippen LogP contribution in [0.25, 0.3) is 0 Å². The number of benzene rings is 1. The van der Waals surface area contributed by atoms with Crippen LogP contribution >= 0.6 is 11.6 Å². The summed E-state index contributed by atoms with van der Waals surface area (Å²) in [6.45, 7) is 4.04. The third kappa shape index (κ3) is 2.99. The lowest BCUT2D eigenvalue weighted by Gasteiger charge is -2.14. The number of carbonyl (C=O) groups excluding carboxylic acids is 1. The van der Waals surface area contributed by atoms with Gasteiger partial charge in [-0.25, -0.2) is 9.07 Å². The van der Waals surface area contributed by atoms with Crippen molar-refractivity contribution < 1.29 is 9.18 Å². The van der Waals surface area contributed by atoms with Crippen molar-refractivity contribution in [3.8, 4) is 0 Å². The van der Waals surface area contributed by atoms with Gasteiger partial charge in [0, 0.05) is 6.07 Å². The fourth-order valence-electron chi connectivity index (χ4n) is 1.79. The van der Waals surface area contributed by atoms with E-state index in [0.717, 1.165) is 12.5 Å². The maximum Gasteiger partial charge on any atom is 0.258 e. The van der Waals surface area contributed by atoms with E-state index < -0.39 is 5.82 Å². The molecule has 0 aliphatic rings. The number of nitrogens with one attached hydrogen (secondary N) is 1. The highest BCUT2D eigenvalue weighted by atomic mass is 35.5. The van der Waals surface area contributed by atoms with Crippen LogP contribution < -0.4 is 5.32 Å². The SMILES string of the molecule is CCC(C)n1nccc1NC(=O)c1ccc(F)cc1Cl. The molecule has 1 heterocycles. The van der Waals surface area contributed by atoms with E-state index in [1.54, 1.807) is 16.9 Å². The van der Waals surface area contributed by atoms with Crippen LogP contribution in [-0.4, -0.2) is 15.7 Å². The van der Waals surface area contributed by atoms with Crippen molar-refractivity contribution in [1.29, 1.82) is 0 Å². The molecule has 0 aliphatic heterocycles. The van der Waals surface area contributed by atoms with Crippen molar-refractivity contribution in [2.45, 2.75) is 26.3 Å². The highest BCUT2D eigenvalue weighted by molar-refractivity contribution is 6.34. The second-order valence-electron chi connectivity index (χ2n) is 4.50. The molecule has 1 aromatic carbocycles. The third-order valence-corrected chi connectivity index (χ3v) is 3.41. The molecule has 0 saturated carbocycles. The molecule has 0 bridgehead atoms. The molecule has 6 heteroatoms. The summed E-state index contributed by atoms with van der Waals surface area (Å²) in [6, 6.07) is 5.55. The fourth-order valence-corrected chi connectivity index (χ4v) is 2.05. The number of hydrogen-bond donors (Lipinski definition) is 1. The summed E-state index contributed by atoms with van der Waals surface area (Å²) in [5.41, 5.74) is 0.227. The predicted octanol–water partition coefficient (Wildman–Crippen LogP) is 3.90. The van der Waals surface area contributed by atoms with Crippen molar-refractivity contribution in [3.05, 3.63) is 46.9 Å². The summed E-state index contributed by atoms with van der Waals surface area (Å²) in [5, 5.41) is 7.00. The molecule has 4 nitrogen and oxygen atoms in total. The minimum absolute atomic E-state index is 0.0807. The number of hydrogen-bond acceptors (Lipinski definition) is 2. The van der Waals surface area contributed by atoms with Crippen LogP contribution in [-0.2, 0) is 0 Å². The second-order valence-corrected chi connectivity index (χ2v) is 4.90. The van der Waals surface area contributed by atoms with Crippen LogP contribution in [0.3, 0.4) is 0 Å². The van der Waals surface area contributed by atoms with E-state index in [-0.39, 0.29) is 22.5 Å². The molecule has 20 heavy (non-hydrogen) atoms. The third-order valence-electron chi connectivity index (χ3n) is 3.10. The van der Waals surface area contributed by atoms with E-state index in [0.29, 0.717) is 5.82 Å². The number of nitrogens with zero attached hydrogens (tertiary/aromatic N) is 2. The minimum atomic E-state index is -0.476. The maximum absolute atomic E-state index is 13.0. The molecule has 1 unspecified atom stereocenters. The van der Waals surface area contributed by atoms with Gasteiger partial charge in [-0.3, -0.25) is 4.79 Å². The van der Waals surface area contributed by atoms with E-state index in [2.05, 4.69) is 10.4 Å². The van der Waals surface area contributed by atoms with Gasteiger partial charge in [-0.2, -0.15) is 5.10 Å². The molecule has 2 aromatic rings. The Hall–Kier alpha value is -1.88. The highest BCUT2D eigenvalue weighted by Crippen LogP contribution is 2.21. The zero-order valence-electron chi connectivity index (χ0n) is 11.2. The number of aromatic nitrogens is 2. The van der Waals surface area contributed by atoms with Crippen molar-refractivity contribution in [2.24, 2.45) is 0 Å². The molecule has 1 atom stereocenters. The molecule has 0 spiro atoms. The van der Waals surface area contributed by atoms with Crippen LogP contribution in [0.1, 0.15) is 36.7 Å². The first-order chi connectivity index (χ1) is 9.52. The molecular weight excluding hydrogens is 281 g/mol. The van der Waals surface area contributed by atoms with E-state index in [1.807, 2.05) is 13.8 Å². The number of carbonyl (C=O) groups is 1. The van der Waals surface area contributed by atoms with E-state index >= 15 is 0 Å². The molecule has 0 saturated heterocycles. The maximum atomic E-state index is 13.0. The van der Waals surface area contributed by atoms with Crippen molar-refractivity contribution >= 4 is 23.3 Å². The van der Waals surface area contributed by atoms with E-state index in [4.69, 9.17) is 11.6 Å². The molecule has 1 aromatic heterocycles. The zero-order valence-corrected chi connectivity index (χ0v) is 12.0. The first-order valence-corrected chi connectivity index (χ1v) is 6.70. The molecule has 1 amide bonds. The second kappa shape index (κ2) is 6.05. The van der Waals surface area contributed by atoms with Gasteiger partial charge in [-0.15, -0.1) is 0 Å². The number of anilines is 1. The number of rotatable bonds is 4. The Morgan fingerprint density at radius 3 is 2.90 bits per heavy atom. The monoisotopic (exact) mass is 295 g/mol. The quantitative estimate of drug-likeness (QED) is 0.930. The molecule has 106 valence electrons. The van der Waals surface area contributed by atoms with E-state index in [9.17, 15) is 9.18 Å². The Labute approximate surface area is 121 Å². The van der Waals surface area contributed by atoms with Gasteiger partial charge in [-0.1, -0.05) is 18.5 Å². The number of amides is 1. The first kappa shape index (κ1) is 14.5. The van der Waals surface area contributed by atoms with E-state index in [1.165, 1.54) is 12.1 Å². The summed E-state index contributed by atoms with van der Waals surface area (Å²) < 4.78 is 14.7. The topological polar surface area (TPSA) is 46.9 Å². The highest BCUT2D eigenvalue weighted by Gasteiger charge is 2.15. The normalized spacial score (nSPS) is 12.2. The van der Waals surface area contributed by atoms with Crippen molar-refractivity contribution in [1.82, 2.24) is 9.78 Å². The van der Waals surface area contributed by atoms with Crippen LogP contribution in [0, 0.1) is 5.82 Å². The first-order valence-electron chi connectivity index (χ1n) is 6.32. The summed E-state index contributed by atoms with van der Waals surface area (Å²) in [6.07, 6.45) is 2.51. The fraction of sp³-hybridized carbons (Fsp3) is 0.286. The molecular formula is C14H15ClFN3O. The van der Waals surface area contributed by atoms with Crippen LogP contribution in [0.15, 0.2) is 30.5 Å². The van der Waals surface area contributed by atoms with Crippen LogP contribution in [0.4, 0.5) is 10.2 Å². The predicted molar refractivity (Wildman–Crippen MR) is 76.6 cm³/mol. The summed E-state index contributed by atoms with van der Waals surface area (Å²) in [7, 11) is 0. The van der Waals surface area contributed by atoms with Crippen LogP contribution in [0.5, 0.6) is 0 Å². The summed E-state index contributed by atoms with van der Waals surface area (Å²) >= 11 is 5.87. The smallest absolute Gasteiger partial charge is 0.258 e. The molecule has 2 rings (SSSR count). The Morgan fingerprint density at radius 2 is 2.25 bits per heavy atom.